The van der Waals surface area contributed by atoms with Crippen LogP contribution >= 0.6 is 0 Å². The second-order valence-electron chi connectivity index (χ2n) is 11.0. The number of carboxylic acids is 1. The van der Waals surface area contributed by atoms with Crippen molar-refractivity contribution >= 4 is 34.7 Å². The molecular formula is C35H39N3O6. The number of nitrogens with one attached hydrogen (secondary N) is 1. The molecule has 0 fully saturated rings. The number of ketones is 1. The number of para-hydroxylation sites is 2. The summed E-state index contributed by atoms with van der Waals surface area (Å²) in [5.41, 5.74) is 5.35. The molecule has 1 aliphatic carbocycles. The molecule has 9 nitrogen and oxygen atoms in total. The van der Waals surface area contributed by atoms with Gasteiger partial charge in [0, 0.05) is 42.9 Å². The second kappa shape index (κ2) is 13.2. The van der Waals surface area contributed by atoms with Crippen LogP contribution in [-0.4, -0.2) is 50.1 Å². The topological polar surface area (TPSA) is 108 Å². The first-order valence-corrected chi connectivity index (χ1v) is 15.0. The van der Waals surface area contributed by atoms with Gasteiger partial charge in [-0.15, -0.1) is 0 Å². The fourth-order valence-electron chi connectivity index (χ4n) is 6.31. The van der Waals surface area contributed by atoms with Crippen LogP contribution in [-0.2, 0) is 14.4 Å². The molecule has 2 atom stereocenters. The quantitative estimate of drug-likeness (QED) is 0.280. The summed E-state index contributed by atoms with van der Waals surface area (Å²) in [5.74, 6) is -0.392. The first-order valence-electron chi connectivity index (χ1n) is 15.0. The van der Waals surface area contributed by atoms with Crippen LogP contribution in [0.5, 0.6) is 11.5 Å². The van der Waals surface area contributed by atoms with Crippen LogP contribution in [0.15, 0.2) is 78.0 Å². The predicted molar refractivity (Wildman–Crippen MR) is 171 cm³/mol. The number of nitrogens with zero attached hydrogens (tertiary/aromatic N) is 2. The third-order valence-electron chi connectivity index (χ3n) is 8.53. The van der Waals surface area contributed by atoms with Crippen molar-refractivity contribution in [2.75, 3.05) is 42.4 Å². The number of anilines is 3. The molecule has 2 unspecified atom stereocenters. The maximum absolute atomic E-state index is 14.3. The first-order chi connectivity index (χ1) is 21.3. The van der Waals surface area contributed by atoms with Crippen LogP contribution < -0.4 is 24.6 Å². The number of carbonyl (C=O) groups is 3. The highest BCUT2D eigenvalue weighted by atomic mass is 16.5. The lowest BCUT2D eigenvalue weighted by molar-refractivity contribution is -0.138. The van der Waals surface area contributed by atoms with E-state index in [4.69, 9.17) is 9.47 Å². The molecule has 2 aliphatic rings. The third-order valence-corrected chi connectivity index (χ3v) is 8.53. The number of hydrogen-bond donors (Lipinski definition) is 2. The van der Waals surface area contributed by atoms with Gasteiger partial charge in [-0.25, -0.2) is 0 Å². The van der Waals surface area contributed by atoms with Gasteiger partial charge in [0.2, 0.25) is 5.91 Å². The Morgan fingerprint density at radius 3 is 2.25 bits per heavy atom. The van der Waals surface area contributed by atoms with Gasteiger partial charge in [0.25, 0.3) is 0 Å². The zero-order valence-electron chi connectivity index (χ0n) is 25.6. The highest BCUT2D eigenvalue weighted by Crippen LogP contribution is 2.48. The number of carbonyl (C=O) groups excluding carboxylic acids is 2. The van der Waals surface area contributed by atoms with E-state index in [1.54, 1.807) is 19.1 Å². The van der Waals surface area contributed by atoms with Gasteiger partial charge in [0.05, 0.1) is 38.1 Å². The van der Waals surface area contributed by atoms with E-state index in [2.05, 4.69) is 24.1 Å². The summed E-state index contributed by atoms with van der Waals surface area (Å²) in [6, 6.07) is 20.4. The summed E-state index contributed by atoms with van der Waals surface area (Å²) < 4.78 is 11.0. The van der Waals surface area contributed by atoms with E-state index in [1.807, 2.05) is 66.7 Å². The molecule has 3 aromatic carbocycles. The van der Waals surface area contributed by atoms with E-state index in [0.717, 1.165) is 35.6 Å². The summed E-state index contributed by atoms with van der Waals surface area (Å²) >= 11 is 0. The Bertz CT molecular complexity index is 1580. The number of Topliss-reactive ketones (excluding diaryl/α,β-unsaturated/α-hetero) is 1. The molecule has 0 aromatic heterocycles. The number of amides is 1. The molecule has 1 aliphatic heterocycles. The number of benzene rings is 3. The minimum absolute atomic E-state index is 0.0693. The number of methoxy groups -OCH3 is 2. The number of aliphatic carboxylic acids is 1. The molecule has 3 aromatic rings. The van der Waals surface area contributed by atoms with Crippen LogP contribution in [0.4, 0.5) is 17.1 Å². The average Bonchev–Trinajstić information content (AvgIpc) is 3.19. The van der Waals surface area contributed by atoms with Crippen molar-refractivity contribution in [2.24, 2.45) is 0 Å². The predicted octanol–water partition coefficient (Wildman–Crippen LogP) is 6.32. The van der Waals surface area contributed by atoms with Crippen molar-refractivity contribution in [2.45, 2.75) is 51.5 Å². The molecule has 44 heavy (non-hydrogen) atoms. The van der Waals surface area contributed by atoms with Gasteiger partial charge >= 0.3 is 5.97 Å². The summed E-state index contributed by atoms with van der Waals surface area (Å²) in [7, 11) is 3.17. The van der Waals surface area contributed by atoms with Crippen LogP contribution in [0, 0.1) is 0 Å². The Balaban J connectivity index is 1.65. The maximum Gasteiger partial charge on any atom is 0.303 e. The number of hydrogen-bond acceptors (Lipinski definition) is 7. The monoisotopic (exact) mass is 597 g/mol. The maximum atomic E-state index is 14.3. The Hall–Kier alpha value is -4.79. The summed E-state index contributed by atoms with van der Waals surface area (Å²) in [6.45, 7) is 5.89. The molecule has 2 N–H and O–H groups in total. The largest absolute Gasteiger partial charge is 0.493 e. The number of fused-ring (bicyclic) bond motifs is 1. The van der Waals surface area contributed by atoms with E-state index >= 15 is 0 Å². The normalized spacial score (nSPS) is 17.6. The van der Waals surface area contributed by atoms with Crippen LogP contribution in [0.2, 0.25) is 0 Å². The highest BCUT2D eigenvalue weighted by Gasteiger charge is 2.41. The summed E-state index contributed by atoms with van der Waals surface area (Å²) in [5, 5.41) is 12.9. The molecule has 0 bridgehead atoms. The molecule has 5 rings (SSSR count). The molecule has 0 spiro atoms. The number of rotatable bonds is 10. The SMILES string of the molecule is CCN(CC)c1ccc(C2C3=C(CC(c4ccc(OC)c(OC)c4)CC3=O)Nc3ccccc3N2C(=O)CCC(=O)O)cc1. The summed E-state index contributed by atoms with van der Waals surface area (Å²) in [6.07, 6.45) is 0.288. The van der Waals surface area contributed by atoms with Gasteiger partial charge in [-0.3, -0.25) is 19.3 Å². The standard InChI is InChI=1S/C35H39N3O6/c1-5-37(6-2)25-14-11-22(12-15-25)35-34-27(19-24(20-29(34)39)23-13-16-30(43-3)31(21-23)44-4)36-26-9-7-8-10-28(26)38(35)32(40)17-18-33(41)42/h7-16,21,24,35-36H,5-6,17-20H2,1-4H3,(H,41,42). The lowest BCUT2D eigenvalue weighted by Crippen LogP contribution is -2.38. The fourth-order valence-corrected chi connectivity index (χ4v) is 6.31. The van der Waals surface area contributed by atoms with E-state index < -0.39 is 12.0 Å². The van der Waals surface area contributed by atoms with Gasteiger partial charge in [-0.2, -0.15) is 0 Å². The Kier molecular flexibility index (Phi) is 9.23. The van der Waals surface area contributed by atoms with E-state index in [0.29, 0.717) is 34.9 Å². The van der Waals surface area contributed by atoms with Crippen molar-refractivity contribution in [3.8, 4) is 11.5 Å². The lowest BCUT2D eigenvalue weighted by atomic mass is 9.78. The van der Waals surface area contributed by atoms with E-state index in [-0.39, 0.29) is 36.9 Å². The van der Waals surface area contributed by atoms with Gasteiger partial charge < -0.3 is 24.8 Å². The second-order valence-corrected chi connectivity index (χ2v) is 11.0. The molecule has 9 heteroatoms. The average molecular weight is 598 g/mol. The van der Waals surface area contributed by atoms with Crippen LogP contribution in [0.1, 0.15) is 62.6 Å². The van der Waals surface area contributed by atoms with Gasteiger partial charge in [0.15, 0.2) is 17.3 Å². The van der Waals surface area contributed by atoms with E-state index in [1.165, 1.54) is 0 Å². The van der Waals surface area contributed by atoms with Crippen molar-refractivity contribution in [3.63, 3.8) is 0 Å². The Morgan fingerprint density at radius 1 is 0.909 bits per heavy atom. The smallest absolute Gasteiger partial charge is 0.303 e. The lowest BCUT2D eigenvalue weighted by Gasteiger charge is -2.35. The van der Waals surface area contributed by atoms with E-state index in [9.17, 15) is 19.5 Å². The van der Waals surface area contributed by atoms with Crippen molar-refractivity contribution < 1.29 is 29.0 Å². The van der Waals surface area contributed by atoms with Gasteiger partial charge in [0.1, 0.15) is 0 Å². The van der Waals surface area contributed by atoms with Gasteiger partial charge in [-0.1, -0.05) is 30.3 Å². The number of ether oxygens (including phenoxy) is 2. The molecule has 0 saturated carbocycles. The molecule has 1 heterocycles. The molecule has 1 amide bonds. The molecule has 0 radical (unpaired) electrons. The minimum atomic E-state index is -1.05. The van der Waals surface area contributed by atoms with Gasteiger partial charge in [-0.05, 0) is 73.7 Å². The zero-order valence-corrected chi connectivity index (χ0v) is 25.6. The number of allylic oxidation sites excluding steroid dienone is 1. The van der Waals surface area contributed by atoms with Crippen LogP contribution in [0.3, 0.4) is 0 Å². The minimum Gasteiger partial charge on any atom is -0.493 e. The molecular weight excluding hydrogens is 558 g/mol. The van der Waals surface area contributed by atoms with Crippen LogP contribution in [0.25, 0.3) is 0 Å². The zero-order chi connectivity index (χ0) is 31.4. The molecule has 230 valence electrons. The Morgan fingerprint density at radius 2 is 1.59 bits per heavy atom. The summed E-state index contributed by atoms with van der Waals surface area (Å²) in [4.78, 5) is 43.5. The number of carboxylic acid groups (broad SMARTS) is 1. The third kappa shape index (κ3) is 6.00. The fraction of sp³-hybridized carbons (Fsp3) is 0.343. The van der Waals surface area contributed by atoms with Crippen molar-refractivity contribution in [1.82, 2.24) is 0 Å². The first kappa shape index (κ1) is 30.7. The Labute approximate surface area is 258 Å². The van der Waals surface area contributed by atoms with Crippen molar-refractivity contribution in [1.29, 1.82) is 0 Å². The highest BCUT2D eigenvalue weighted by molar-refractivity contribution is 6.06. The molecule has 0 saturated heterocycles. The van der Waals surface area contributed by atoms with Crippen molar-refractivity contribution in [3.05, 3.63) is 89.1 Å².